The molecule has 2 heterocycles. The van der Waals surface area contributed by atoms with Crippen LogP contribution >= 0.6 is 0 Å². The molecule has 1 aliphatic heterocycles. The molecule has 0 aliphatic carbocycles. The monoisotopic (exact) mass is 307 g/mol. The van der Waals surface area contributed by atoms with Crippen LogP contribution < -0.4 is 5.56 Å². The Hall–Kier alpha value is -2.18. The van der Waals surface area contributed by atoms with Crippen molar-refractivity contribution in [3.63, 3.8) is 0 Å². The lowest BCUT2D eigenvalue weighted by atomic mass is 9.98. The van der Waals surface area contributed by atoms with E-state index in [1.54, 1.807) is 18.7 Å². The zero-order valence-electron chi connectivity index (χ0n) is 12.9. The van der Waals surface area contributed by atoms with Gasteiger partial charge in [-0.25, -0.2) is 4.68 Å². The quantitative estimate of drug-likeness (QED) is 0.764. The first-order valence-electron chi connectivity index (χ1n) is 7.60. The first-order valence-corrected chi connectivity index (χ1v) is 7.60. The van der Waals surface area contributed by atoms with Crippen molar-refractivity contribution in [3.05, 3.63) is 28.2 Å². The topological polar surface area (TPSA) is 81.5 Å². The Morgan fingerprint density at radius 1 is 1.36 bits per heavy atom. The predicted molar refractivity (Wildman–Crippen MR) is 79.4 cm³/mol. The molecule has 0 aromatic carbocycles. The van der Waals surface area contributed by atoms with E-state index < -0.39 is 0 Å². The molecular weight excluding hydrogens is 286 g/mol. The summed E-state index contributed by atoms with van der Waals surface area (Å²) in [6, 6.07) is 2.78. The molecule has 0 radical (unpaired) electrons. The van der Waals surface area contributed by atoms with Gasteiger partial charge in [0.05, 0.1) is 12.5 Å². The molecule has 1 atom stereocenters. The molecule has 0 saturated carbocycles. The van der Waals surface area contributed by atoms with Crippen molar-refractivity contribution in [1.82, 2.24) is 14.7 Å². The van der Waals surface area contributed by atoms with Crippen LogP contribution in [-0.4, -0.2) is 46.3 Å². The van der Waals surface area contributed by atoms with Crippen LogP contribution in [0.4, 0.5) is 0 Å². The summed E-state index contributed by atoms with van der Waals surface area (Å²) in [5.41, 5.74) is -0.00643. The van der Waals surface area contributed by atoms with Crippen molar-refractivity contribution in [1.29, 1.82) is 0 Å². The fraction of sp³-hybridized carbons (Fsp3) is 0.600. The molecular formula is C15H21N3O4. The molecule has 1 aromatic rings. The molecule has 0 N–H and O–H groups in total. The number of piperidine rings is 1. The summed E-state index contributed by atoms with van der Waals surface area (Å²) in [6.45, 7) is 5.23. The molecule has 0 spiro atoms. The van der Waals surface area contributed by atoms with Gasteiger partial charge in [0.25, 0.3) is 11.5 Å². The van der Waals surface area contributed by atoms with Gasteiger partial charge in [0.2, 0.25) is 0 Å². The SMILES string of the molecule is CCOC(=O)C1CCCN(C(=O)c2ccc(=O)n(CC)n2)C1. The van der Waals surface area contributed by atoms with Crippen LogP contribution in [-0.2, 0) is 16.1 Å². The Labute approximate surface area is 128 Å². The van der Waals surface area contributed by atoms with Gasteiger partial charge in [-0.2, -0.15) is 5.10 Å². The summed E-state index contributed by atoms with van der Waals surface area (Å²) in [5, 5.41) is 4.07. The maximum absolute atomic E-state index is 12.5. The number of amides is 1. The number of hydrogen-bond donors (Lipinski definition) is 0. The molecule has 1 fully saturated rings. The van der Waals surface area contributed by atoms with Gasteiger partial charge in [0.15, 0.2) is 0 Å². The van der Waals surface area contributed by atoms with Crippen LogP contribution in [0.1, 0.15) is 37.2 Å². The average molecular weight is 307 g/mol. The van der Waals surface area contributed by atoms with E-state index in [1.165, 1.54) is 16.8 Å². The minimum absolute atomic E-state index is 0.228. The fourth-order valence-corrected chi connectivity index (χ4v) is 2.57. The van der Waals surface area contributed by atoms with E-state index in [-0.39, 0.29) is 29.0 Å². The molecule has 0 bridgehead atoms. The Bertz CT molecular complexity index is 611. The highest BCUT2D eigenvalue weighted by Crippen LogP contribution is 2.19. The van der Waals surface area contributed by atoms with Crippen LogP contribution in [0.3, 0.4) is 0 Å². The molecule has 1 aromatic heterocycles. The van der Waals surface area contributed by atoms with Crippen molar-refractivity contribution in [2.75, 3.05) is 19.7 Å². The van der Waals surface area contributed by atoms with Gasteiger partial charge in [-0.1, -0.05) is 0 Å². The van der Waals surface area contributed by atoms with Gasteiger partial charge >= 0.3 is 5.97 Å². The maximum Gasteiger partial charge on any atom is 0.310 e. The highest BCUT2D eigenvalue weighted by molar-refractivity contribution is 5.92. The van der Waals surface area contributed by atoms with Gasteiger partial charge in [-0.3, -0.25) is 14.4 Å². The van der Waals surface area contributed by atoms with E-state index in [0.717, 1.165) is 12.8 Å². The van der Waals surface area contributed by atoms with Crippen molar-refractivity contribution in [2.24, 2.45) is 5.92 Å². The van der Waals surface area contributed by atoms with E-state index in [2.05, 4.69) is 5.10 Å². The van der Waals surface area contributed by atoms with Crippen LogP contribution in [0, 0.1) is 5.92 Å². The lowest BCUT2D eigenvalue weighted by Gasteiger charge is -2.31. The van der Waals surface area contributed by atoms with Crippen LogP contribution in [0.2, 0.25) is 0 Å². The second kappa shape index (κ2) is 7.20. The largest absolute Gasteiger partial charge is 0.466 e. The van der Waals surface area contributed by atoms with E-state index in [0.29, 0.717) is 26.2 Å². The third-order valence-corrected chi connectivity index (χ3v) is 3.71. The van der Waals surface area contributed by atoms with Crippen LogP contribution in [0.5, 0.6) is 0 Å². The summed E-state index contributed by atoms with van der Waals surface area (Å²) >= 11 is 0. The lowest BCUT2D eigenvalue weighted by molar-refractivity contribution is -0.149. The number of esters is 1. The smallest absolute Gasteiger partial charge is 0.310 e. The Morgan fingerprint density at radius 3 is 2.82 bits per heavy atom. The summed E-state index contributed by atoms with van der Waals surface area (Å²) in [4.78, 5) is 37.5. The number of rotatable bonds is 4. The highest BCUT2D eigenvalue weighted by atomic mass is 16.5. The third-order valence-electron chi connectivity index (χ3n) is 3.71. The molecule has 1 amide bonds. The molecule has 7 nitrogen and oxygen atoms in total. The summed E-state index contributed by atoms with van der Waals surface area (Å²) < 4.78 is 6.28. The minimum atomic E-state index is -0.283. The zero-order chi connectivity index (χ0) is 16.1. The summed E-state index contributed by atoms with van der Waals surface area (Å²) in [5.74, 6) is -0.794. The van der Waals surface area contributed by atoms with E-state index >= 15 is 0 Å². The van der Waals surface area contributed by atoms with E-state index in [1.807, 2.05) is 0 Å². The zero-order valence-corrected chi connectivity index (χ0v) is 12.9. The average Bonchev–Trinajstić information content (AvgIpc) is 2.55. The third kappa shape index (κ3) is 3.52. The Morgan fingerprint density at radius 2 is 2.14 bits per heavy atom. The molecule has 7 heteroatoms. The second-order valence-corrected chi connectivity index (χ2v) is 5.21. The van der Waals surface area contributed by atoms with Gasteiger partial charge in [-0.05, 0) is 32.8 Å². The number of carbonyl (C=O) groups is 2. The molecule has 1 aliphatic rings. The summed E-state index contributed by atoms with van der Waals surface area (Å²) in [7, 11) is 0. The fourth-order valence-electron chi connectivity index (χ4n) is 2.57. The lowest BCUT2D eigenvalue weighted by Crippen LogP contribution is -2.43. The second-order valence-electron chi connectivity index (χ2n) is 5.21. The normalized spacial score (nSPS) is 18.1. The van der Waals surface area contributed by atoms with Gasteiger partial charge in [0, 0.05) is 25.7 Å². The number of carbonyl (C=O) groups excluding carboxylic acids is 2. The first kappa shape index (κ1) is 16.2. The van der Waals surface area contributed by atoms with Crippen molar-refractivity contribution < 1.29 is 14.3 Å². The van der Waals surface area contributed by atoms with Crippen LogP contribution in [0.15, 0.2) is 16.9 Å². The first-order chi connectivity index (χ1) is 10.6. The van der Waals surface area contributed by atoms with Gasteiger partial charge in [0.1, 0.15) is 5.69 Å². The molecule has 22 heavy (non-hydrogen) atoms. The highest BCUT2D eigenvalue weighted by Gasteiger charge is 2.30. The predicted octanol–water partition coefficient (Wildman–Crippen LogP) is 0.678. The molecule has 120 valence electrons. The van der Waals surface area contributed by atoms with Gasteiger partial charge < -0.3 is 9.64 Å². The number of ether oxygens (including phenoxy) is 1. The number of aryl methyl sites for hydroxylation is 1. The minimum Gasteiger partial charge on any atom is -0.466 e. The van der Waals surface area contributed by atoms with Crippen molar-refractivity contribution in [3.8, 4) is 0 Å². The standard InChI is InChI=1S/C15H21N3O4/c1-3-18-13(19)8-7-12(16-18)14(20)17-9-5-6-11(10-17)15(21)22-4-2/h7-8,11H,3-6,9-10H2,1-2H3. The van der Waals surface area contributed by atoms with Crippen LogP contribution in [0.25, 0.3) is 0 Å². The summed E-state index contributed by atoms with van der Waals surface area (Å²) in [6.07, 6.45) is 1.48. The molecule has 1 saturated heterocycles. The van der Waals surface area contributed by atoms with Gasteiger partial charge in [-0.15, -0.1) is 0 Å². The maximum atomic E-state index is 12.5. The molecule has 1 unspecified atom stereocenters. The number of nitrogens with zero attached hydrogens (tertiary/aromatic N) is 3. The number of hydrogen-bond acceptors (Lipinski definition) is 5. The van der Waals surface area contributed by atoms with E-state index in [9.17, 15) is 14.4 Å². The number of likely N-dealkylation sites (tertiary alicyclic amines) is 1. The van der Waals surface area contributed by atoms with E-state index in [4.69, 9.17) is 4.74 Å². The Balaban J connectivity index is 2.12. The molecule has 2 rings (SSSR count). The van der Waals surface area contributed by atoms with Crippen molar-refractivity contribution in [2.45, 2.75) is 33.2 Å². The van der Waals surface area contributed by atoms with Crippen molar-refractivity contribution >= 4 is 11.9 Å². The number of aromatic nitrogens is 2. The Kier molecular flexibility index (Phi) is 5.30.